The number of hydrogen-bond donors (Lipinski definition) is 0. The largest absolute Gasteiger partial charge is 0.370 e. The fraction of sp³-hybridized carbons (Fsp3) is 0.0909. The van der Waals surface area contributed by atoms with E-state index >= 15 is 0 Å². The van der Waals surface area contributed by atoms with E-state index in [9.17, 15) is 0 Å². The molecule has 162 valence electrons. The molecule has 2 aliphatic carbocycles. The highest BCUT2D eigenvalue weighted by molar-refractivity contribution is 5.95. The van der Waals surface area contributed by atoms with E-state index < -0.39 is 0 Å². The van der Waals surface area contributed by atoms with Crippen LogP contribution in [0, 0.1) is 0 Å². The van der Waals surface area contributed by atoms with Gasteiger partial charge in [0.15, 0.2) is 0 Å². The number of para-hydroxylation sites is 1. The first-order chi connectivity index (χ1) is 16.8. The first-order valence-corrected chi connectivity index (χ1v) is 12.0. The van der Waals surface area contributed by atoms with Crippen LogP contribution < -0.4 is 4.90 Å². The molecule has 0 N–H and O–H groups in total. The SMILES string of the molecule is CN(Cc1ccc2c(c1)-c1ccccc1C21c2ccccc2-c2ccccc21)c1ccccc1. The van der Waals surface area contributed by atoms with Crippen molar-refractivity contribution in [1.82, 2.24) is 0 Å². The topological polar surface area (TPSA) is 3.24 Å². The molecule has 1 spiro atoms. The predicted octanol–water partition coefficient (Wildman–Crippen LogP) is 7.67. The van der Waals surface area contributed by atoms with E-state index in [0.717, 1.165) is 6.54 Å². The monoisotopic (exact) mass is 435 g/mol. The molecule has 2 aliphatic rings. The highest BCUT2D eigenvalue weighted by atomic mass is 15.1. The molecule has 0 aliphatic heterocycles. The maximum absolute atomic E-state index is 2.42. The van der Waals surface area contributed by atoms with E-state index in [2.05, 4.69) is 133 Å². The van der Waals surface area contributed by atoms with Crippen molar-refractivity contribution in [3.8, 4) is 22.3 Å². The molecule has 0 unspecified atom stereocenters. The van der Waals surface area contributed by atoms with Crippen LogP contribution in [0.5, 0.6) is 0 Å². The van der Waals surface area contributed by atoms with Crippen LogP contribution in [0.2, 0.25) is 0 Å². The highest BCUT2D eigenvalue weighted by Gasteiger charge is 2.51. The summed E-state index contributed by atoms with van der Waals surface area (Å²) in [7, 11) is 2.17. The van der Waals surface area contributed by atoms with Crippen molar-refractivity contribution >= 4 is 5.69 Å². The standard InChI is InChI=1S/C33H25N/c1-34(24-11-3-2-4-12-24)22-23-19-20-32-28(21-23)27-15-7-10-18-31(27)33(32)29-16-8-5-13-25(29)26-14-6-9-17-30(26)33/h2-21H,22H2,1H3. The molecule has 1 heteroatoms. The molecule has 1 nitrogen and oxygen atoms in total. The fourth-order valence-corrected chi connectivity index (χ4v) is 6.29. The summed E-state index contributed by atoms with van der Waals surface area (Å²) in [6.07, 6.45) is 0. The number of fused-ring (bicyclic) bond motifs is 10. The number of anilines is 1. The molecule has 0 amide bonds. The number of hydrogen-bond acceptors (Lipinski definition) is 1. The van der Waals surface area contributed by atoms with Crippen molar-refractivity contribution in [3.05, 3.63) is 149 Å². The molecule has 5 aromatic rings. The van der Waals surface area contributed by atoms with Gasteiger partial charge in [0.2, 0.25) is 0 Å². The first-order valence-electron chi connectivity index (χ1n) is 12.0. The normalized spacial score (nSPS) is 13.8. The quantitative estimate of drug-likeness (QED) is 0.275. The minimum atomic E-state index is -0.247. The van der Waals surface area contributed by atoms with Gasteiger partial charge in [0.25, 0.3) is 0 Å². The van der Waals surface area contributed by atoms with Gasteiger partial charge in [-0.25, -0.2) is 0 Å². The third-order valence-electron chi connectivity index (χ3n) is 7.68. The molecular formula is C33H25N. The van der Waals surface area contributed by atoms with Crippen molar-refractivity contribution in [2.45, 2.75) is 12.0 Å². The van der Waals surface area contributed by atoms with E-state index in [1.54, 1.807) is 0 Å². The second-order valence-electron chi connectivity index (χ2n) is 9.46. The van der Waals surface area contributed by atoms with Gasteiger partial charge in [-0.05, 0) is 68.3 Å². The maximum atomic E-state index is 2.42. The van der Waals surface area contributed by atoms with Gasteiger partial charge in [-0.3, -0.25) is 0 Å². The lowest BCUT2D eigenvalue weighted by Gasteiger charge is -2.30. The van der Waals surface area contributed by atoms with Gasteiger partial charge in [-0.1, -0.05) is 103 Å². The van der Waals surface area contributed by atoms with E-state index in [1.165, 1.54) is 55.8 Å². The smallest absolute Gasteiger partial charge is 0.0725 e. The van der Waals surface area contributed by atoms with E-state index in [0.29, 0.717) is 0 Å². The van der Waals surface area contributed by atoms with Gasteiger partial charge in [-0.15, -0.1) is 0 Å². The number of benzene rings is 5. The predicted molar refractivity (Wildman–Crippen MR) is 141 cm³/mol. The summed E-state index contributed by atoms with van der Waals surface area (Å²) in [5, 5.41) is 0. The van der Waals surface area contributed by atoms with Gasteiger partial charge in [-0.2, -0.15) is 0 Å². The zero-order valence-corrected chi connectivity index (χ0v) is 19.2. The molecule has 0 fully saturated rings. The third-order valence-corrected chi connectivity index (χ3v) is 7.68. The summed E-state index contributed by atoms with van der Waals surface area (Å²) in [6.45, 7) is 0.875. The van der Waals surface area contributed by atoms with Crippen LogP contribution in [-0.4, -0.2) is 7.05 Å². The van der Waals surface area contributed by atoms with Crippen LogP contribution in [0.15, 0.2) is 121 Å². The Labute approximate surface area is 201 Å². The Bertz CT molecular complexity index is 1500. The molecule has 0 saturated heterocycles. The van der Waals surface area contributed by atoms with E-state index in [1.807, 2.05) is 0 Å². The van der Waals surface area contributed by atoms with Crippen molar-refractivity contribution in [2.24, 2.45) is 0 Å². The molecular weight excluding hydrogens is 410 g/mol. The molecule has 0 bridgehead atoms. The molecule has 34 heavy (non-hydrogen) atoms. The van der Waals surface area contributed by atoms with Gasteiger partial charge >= 0.3 is 0 Å². The fourth-order valence-electron chi connectivity index (χ4n) is 6.29. The summed E-state index contributed by atoms with van der Waals surface area (Å²) < 4.78 is 0. The van der Waals surface area contributed by atoms with Gasteiger partial charge in [0.1, 0.15) is 0 Å². The second kappa shape index (κ2) is 7.20. The summed E-state index contributed by atoms with van der Waals surface area (Å²) in [5.41, 5.74) is 13.3. The Kier molecular flexibility index (Phi) is 4.10. The lowest BCUT2D eigenvalue weighted by Crippen LogP contribution is -2.25. The summed E-state index contributed by atoms with van der Waals surface area (Å²) in [4.78, 5) is 2.32. The lowest BCUT2D eigenvalue weighted by molar-refractivity contribution is 0.792. The lowest BCUT2D eigenvalue weighted by atomic mass is 9.70. The average molecular weight is 436 g/mol. The van der Waals surface area contributed by atoms with E-state index in [-0.39, 0.29) is 5.41 Å². The minimum absolute atomic E-state index is 0.247. The Morgan fingerprint density at radius 3 is 1.56 bits per heavy atom. The van der Waals surface area contributed by atoms with Crippen LogP contribution in [0.25, 0.3) is 22.3 Å². The third kappa shape index (κ3) is 2.50. The molecule has 0 aromatic heterocycles. The summed E-state index contributed by atoms with van der Waals surface area (Å²) in [6, 6.07) is 44.7. The molecule has 0 atom stereocenters. The van der Waals surface area contributed by atoms with Crippen LogP contribution in [0.1, 0.15) is 27.8 Å². The first kappa shape index (κ1) is 19.4. The molecule has 5 aromatic carbocycles. The molecule has 0 saturated carbocycles. The average Bonchev–Trinajstić information content (AvgIpc) is 3.36. The zero-order chi connectivity index (χ0) is 22.7. The summed E-state index contributed by atoms with van der Waals surface area (Å²) >= 11 is 0. The Hall–Kier alpha value is -4.10. The second-order valence-corrected chi connectivity index (χ2v) is 9.46. The van der Waals surface area contributed by atoms with Crippen LogP contribution in [-0.2, 0) is 12.0 Å². The number of rotatable bonds is 3. The van der Waals surface area contributed by atoms with Crippen molar-refractivity contribution < 1.29 is 0 Å². The molecule has 7 rings (SSSR count). The van der Waals surface area contributed by atoms with Crippen molar-refractivity contribution in [3.63, 3.8) is 0 Å². The Morgan fingerprint density at radius 2 is 0.971 bits per heavy atom. The van der Waals surface area contributed by atoms with Gasteiger partial charge in [0.05, 0.1) is 5.41 Å². The number of nitrogens with zero attached hydrogens (tertiary/aromatic N) is 1. The maximum Gasteiger partial charge on any atom is 0.0725 e. The van der Waals surface area contributed by atoms with Crippen molar-refractivity contribution in [1.29, 1.82) is 0 Å². The van der Waals surface area contributed by atoms with Crippen LogP contribution in [0.4, 0.5) is 5.69 Å². The molecule has 0 radical (unpaired) electrons. The van der Waals surface area contributed by atoms with Gasteiger partial charge in [0, 0.05) is 19.3 Å². The van der Waals surface area contributed by atoms with Gasteiger partial charge < -0.3 is 4.90 Å². The zero-order valence-electron chi connectivity index (χ0n) is 19.2. The van der Waals surface area contributed by atoms with Crippen molar-refractivity contribution in [2.75, 3.05) is 11.9 Å². The Balaban J connectivity index is 1.45. The highest BCUT2D eigenvalue weighted by Crippen LogP contribution is 2.62. The van der Waals surface area contributed by atoms with Crippen LogP contribution in [0.3, 0.4) is 0 Å². The van der Waals surface area contributed by atoms with Crippen LogP contribution >= 0.6 is 0 Å². The van der Waals surface area contributed by atoms with E-state index in [4.69, 9.17) is 0 Å². The minimum Gasteiger partial charge on any atom is -0.370 e. The Morgan fingerprint density at radius 1 is 0.500 bits per heavy atom. The molecule has 0 heterocycles. The summed E-state index contributed by atoms with van der Waals surface area (Å²) in [5.74, 6) is 0.